The summed E-state index contributed by atoms with van der Waals surface area (Å²) in [7, 11) is 0. The number of hydrogen-bond donors (Lipinski definition) is 1. The molecule has 0 saturated heterocycles. The molecular formula is C13H19N3O3S. The van der Waals surface area contributed by atoms with E-state index >= 15 is 0 Å². The zero-order valence-electron chi connectivity index (χ0n) is 11.7. The van der Waals surface area contributed by atoms with E-state index in [0.29, 0.717) is 5.25 Å². The van der Waals surface area contributed by atoms with Crippen LogP contribution in [0.15, 0.2) is 16.3 Å². The Morgan fingerprint density at radius 1 is 1.60 bits per heavy atom. The molecule has 1 aliphatic rings. The third-order valence-electron chi connectivity index (χ3n) is 2.68. The Bertz CT molecular complexity index is 437. The van der Waals surface area contributed by atoms with Crippen LogP contribution >= 0.6 is 11.8 Å². The minimum absolute atomic E-state index is 0.0127. The molecule has 110 valence electrons. The van der Waals surface area contributed by atoms with Crippen LogP contribution in [0.25, 0.3) is 0 Å². The lowest BCUT2D eigenvalue weighted by atomic mass is 9.98. The molecule has 0 aromatic carbocycles. The molecule has 0 spiro atoms. The summed E-state index contributed by atoms with van der Waals surface area (Å²) in [6.07, 6.45) is 4.56. The first-order chi connectivity index (χ1) is 9.44. The van der Waals surface area contributed by atoms with Gasteiger partial charge in [-0.05, 0) is 31.8 Å². The van der Waals surface area contributed by atoms with Gasteiger partial charge in [-0.1, -0.05) is 6.42 Å². The predicted molar refractivity (Wildman–Crippen MR) is 77.4 cm³/mol. The molecule has 0 heterocycles. The first-order valence-electron chi connectivity index (χ1n) is 6.32. The maximum absolute atomic E-state index is 11.1. The van der Waals surface area contributed by atoms with Crippen LogP contribution in [0.3, 0.4) is 0 Å². The number of carbonyl (C=O) groups excluding carboxylic acids is 1. The molecule has 0 aromatic rings. The van der Waals surface area contributed by atoms with Crippen LogP contribution in [0.4, 0.5) is 0 Å². The number of primary amides is 1. The van der Waals surface area contributed by atoms with Gasteiger partial charge >= 0.3 is 0 Å². The van der Waals surface area contributed by atoms with Crippen LogP contribution in [0, 0.1) is 16.7 Å². The fraction of sp³-hybridized carbons (Fsp3) is 0.615. The van der Waals surface area contributed by atoms with Crippen LogP contribution in [-0.4, -0.2) is 24.2 Å². The largest absolute Gasteiger partial charge is 0.479 e. The van der Waals surface area contributed by atoms with Crippen LogP contribution in [-0.2, 0) is 14.4 Å². The summed E-state index contributed by atoms with van der Waals surface area (Å²) >= 11 is 1.53. The van der Waals surface area contributed by atoms with E-state index in [1.807, 2.05) is 0 Å². The van der Waals surface area contributed by atoms with E-state index in [4.69, 9.17) is 20.6 Å². The van der Waals surface area contributed by atoms with Crippen molar-refractivity contribution in [1.29, 1.82) is 5.26 Å². The summed E-state index contributed by atoms with van der Waals surface area (Å²) in [5, 5.41) is 14.4. The lowest BCUT2D eigenvalue weighted by Crippen LogP contribution is -2.17. The van der Waals surface area contributed by atoms with Crippen LogP contribution < -0.4 is 5.73 Å². The average molecular weight is 297 g/mol. The summed E-state index contributed by atoms with van der Waals surface area (Å²) in [6, 6.07) is 2.09. The molecule has 6 nitrogen and oxygen atoms in total. The van der Waals surface area contributed by atoms with Crippen LogP contribution in [0.1, 0.15) is 33.1 Å². The van der Waals surface area contributed by atoms with Gasteiger partial charge in [0.05, 0.1) is 11.5 Å². The molecule has 0 atom stereocenters. The number of nitrogens with two attached hydrogens (primary N) is 1. The van der Waals surface area contributed by atoms with Gasteiger partial charge in [-0.3, -0.25) is 4.79 Å². The maximum Gasteiger partial charge on any atom is 0.287 e. The van der Waals surface area contributed by atoms with Crippen LogP contribution in [0.5, 0.6) is 0 Å². The van der Waals surface area contributed by atoms with Crippen molar-refractivity contribution in [2.24, 2.45) is 16.3 Å². The second kappa shape index (κ2) is 7.80. The Kier molecular flexibility index (Phi) is 6.39. The Labute approximate surface area is 123 Å². The van der Waals surface area contributed by atoms with Crippen molar-refractivity contribution in [3.8, 4) is 6.07 Å². The highest BCUT2D eigenvalue weighted by atomic mass is 32.2. The minimum atomic E-state index is -0.675. The molecule has 2 N–H and O–H groups in total. The van der Waals surface area contributed by atoms with Gasteiger partial charge in [0.15, 0.2) is 0 Å². The van der Waals surface area contributed by atoms with Gasteiger partial charge in [0.25, 0.3) is 5.91 Å². The summed E-state index contributed by atoms with van der Waals surface area (Å²) in [5.41, 5.74) is 4.58. The molecule has 0 bridgehead atoms. The van der Waals surface area contributed by atoms with Crippen molar-refractivity contribution in [1.82, 2.24) is 0 Å². The second-order valence-electron chi connectivity index (χ2n) is 5.14. The number of ether oxygens (including phenoxy) is 1. The lowest BCUT2D eigenvalue weighted by Gasteiger charge is -2.22. The summed E-state index contributed by atoms with van der Waals surface area (Å²) in [6.45, 7) is 3.67. The molecule has 1 fully saturated rings. The molecule has 0 aromatic heterocycles. The summed E-state index contributed by atoms with van der Waals surface area (Å²) in [5.74, 6) is -0.687. The van der Waals surface area contributed by atoms with Gasteiger partial charge in [-0.15, -0.1) is 11.8 Å². The van der Waals surface area contributed by atoms with E-state index < -0.39 is 11.3 Å². The Balaban J connectivity index is 2.35. The topological polar surface area (TPSA) is 97.7 Å². The van der Waals surface area contributed by atoms with Gasteiger partial charge in [0.2, 0.25) is 12.2 Å². The first-order valence-corrected chi connectivity index (χ1v) is 7.26. The molecule has 0 radical (unpaired) electrons. The average Bonchev–Trinajstić information content (AvgIpc) is 2.33. The van der Waals surface area contributed by atoms with E-state index in [-0.39, 0.29) is 12.4 Å². The lowest BCUT2D eigenvalue weighted by molar-refractivity contribution is -0.117. The van der Waals surface area contributed by atoms with Gasteiger partial charge < -0.3 is 15.3 Å². The Morgan fingerprint density at radius 2 is 2.30 bits per heavy atom. The second-order valence-corrected chi connectivity index (χ2v) is 6.32. The van der Waals surface area contributed by atoms with E-state index in [1.165, 1.54) is 18.2 Å². The standard InChI is InChI=1S/C13H19N3O3S/c1-13(2,7-14)8-18-9-16-19-11(12(15)17)6-20-10-4-3-5-10/h6,9-10H,3-5,8H2,1-2H3,(H2,15,17)/b11-6+,16-9+. The normalized spacial score (nSPS) is 16.6. The zero-order valence-corrected chi connectivity index (χ0v) is 12.5. The summed E-state index contributed by atoms with van der Waals surface area (Å²) < 4.78 is 5.05. The molecular weight excluding hydrogens is 278 g/mol. The highest BCUT2D eigenvalue weighted by molar-refractivity contribution is 8.02. The minimum Gasteiger partial charge on any atom is -0.479 e. The highest BCUT2D eigenvalue weighted by Gasteiger charge is 2.18. The number of rotatable bonds is 8. The fourth-order valence-corrected chi connectivity index (χ4v) is 2.26. The molecule has 1 aliphatic carbocycles. The van der Waals surface area contributed by atoms with E-state index in [9.17, 15) is 4.79 Å². The monoisotopic (exact) mass is 297 g/mol. The van der Waals surface area contributed by atoms with Crippen molar-refractivity contribution in [2.45, 2.75) is 38.4 Å². The number of hydrogen-bond acceptors (Lipinski definition) is 6. The van der Waals surface area contributed by atoms with Gasteiger partial charge in [-0.25, -0.2) is 0 Å². The number of oxime groups is 1. The number of amides is 1. The van der Waals surface area contributed by atoms with Gasteiger partial charge in [0, 0.05) is 10.7 Å². The number of nitriles is 1. The smallest absolute Gasteiger partial charge is 0.287 e. The molecule has 1 saturated carbocycles. The van der Waals surface area contributed by atoms with Crippen LogP contribution in [0.2, 0.25) is 0 Å². The van der Waals surface area contributed by atoms with E-state index in [1.54, 1.807) is 19.3 Å². The maximum atomic E-state index is 11.1. The molecule has 7 heteroatoms. The van der Waals surface area contributed by atoms with E-state index in [2.05, 4.69) is 11.2 Å². The Morgan fingerprint density at radius 3 is 2.80 bits per heavy atom. The fourth-order valence-electron chi connectivity index (χ4n) is 1.18. The number of thioether (sulfide) groups is 1. The number of nitrogens with zero attached hydrogens (tertiary/aromatic N) is 2. The molecule has 1 rings (SSSR count). The van der Waals surface area contributed by atoms with Gasteiger partial charge in [-0.2, -0.15) is 5.26 Å². The molecule has 0 unspecified atom stereocenters. The summed E-state index contributed by atoms with van der Waals surface area (Å²) in [4.78, 5) is 16.0. The Hall–Kier alpha value is -1.68. The molecule has 1 amide bonds. The van der Waals surface area contributed by atoms with Crippen molar-refractivity contribution in [3.05, 3.63) is 11.2 Å². The third-order valence-corrected chi connectivity index (χ3v) is 3.88. The van der Waals surface area contributed by atoms with Crippen molar-refractivity contribution in [3.63, 3.8) is 0 Å². The van der Waals surface area contributed by atoms with Crippen molar-refractivity contribution in [2.75, 3.05) is 6.61 Å². The highest BCUT2D eigenvalue weighted by Crippen LogP contribution is 2.32. The quantitative estimate of drug-likeness (QED) is 0.243. The number of carbonyl (C=O) groups is 1. The van der Waals surface area contributed by atoms with Gasteiger partial charge in [0.1, 0.15) is 6.61 Å². The van der Waals surface area contributed by atoms with E-state index in [0.717, 1.165) is 19.2 Å². The van der Waals surface area contributed by atoms with Crippen molar-refractivity contribution < 1.29 is 14.4 Å². The zero-order chi connectivity index (χ0) is 15.0. The molecule has 20 heavy (non-hydrogen) atoms. The molecule has 0 aliphatic heterocycles. The van der Waals surface area contributed by atoms with Crippen molar-refractivity contribution >= 4 is 24.1 Å². The third kappa shape index (κ3) is 5.97. The predicted octanol–water partition coefficient (Wildman–Crippen LogP) is 2.13. The SMILES string of the molecule is CC(C)(C#N)CO/C=N/O/C(=C/SC1CCC1)C(N)=O. The first kappa shape index (κ1) is 16.4.